The van der Waals surface area contributed by atoms with Gasteiger partial charge in [0.1, 0.15) is 5.76 Å². The summed E-state index contributed by atoms with van der Waals surface area (Å²) in [7, 11) is 3.19. The van der Waals surface area contributed by atoms with E-state index in [9.17, 15) is 4.79 Å². The second kappa shape index (κ2) is 7.92. The van der Waals surface area contributed by atoms with E-state index in [-0.39, 0.29) is 17.0 Å². The Morgan fingerprint density at radius 1 is 1.22 bits per heavy atom. The highest BCUT2D eigenvalue weighted by molar-refractivity contribution is 6.20. The van der Waals surface area contributed by atoms with Gasteiger partial charge in [-0.3, -0.25) is 4.79 Å². The van der Waals surface area contributed by atoms with Crippen LogP contribution in [0.3, 0.4) is 0 Å². The number of hydrogen-bond donors (Lipinski definition) is 1. The number of hydrogen-bond acceptors (Lipinski definition) is 4. The van der Waals surface area contributed by atoms with E-state index in [0.29, 0.717) is 30.2 Å². The Hall–Kier alpha value is -2.14. The third-order valence-electron chi connectivity index (χ3n) is 3.39. The van der Waals surface area contributed by atoms with Crippen LogP contribution in [0.2, 0.25) is 0 Å². The minimum atomic E-state index is -0.261. The molecule has 2 rings (SSSR count). The summed E-state index contributed by atoms with van der Waals surface area (Å²) >= 11 is 5.91. The van der Waals surface area contributed by atoms with E-state index in [4.69, 9.17) is 25.5 Å². The number of ether oxygens (including phenoxy) is 2. The third-order valence-corrected chi connectivity index (χ3v) is 3.60. The molecule has 6 heteroatoms. The van der Waals surface area contributed by atoms with E-state index in [1.54, 1.807) is 33.3 Å². The standard InChI is InChI=1S/C17H20ClNO4/c1-11(18)13-6-7-15(23-13)17(20)19-9-8-12-4-5-14(21-2)16(10-12)22-3/h4-7,10-11H,8-9H2,1-3H3,(H,19,20). The van der Waals surface area contributed by atoms with Gasteiger partial charge in [0.05, 0.1) is 19.6 Å². The largest absolute Gasteiger partial charge is 0.493 e. The molecule has 0 saturated heterocycles. The van der Waals surface area contributed by atoms with Crippen LogP contribution in [0.4, 0.5) is 0 Å². The first-order valence-corrected chi connectivity index (χ1v) is 7.71. The normalized spacial score (nSPS) is 11.8. The van der Waals surface area contributed by atoms with Gasteiger partial charge in [0.15, 0.2) is 17.3 Å². The molecule has 1 aromatic heterocycles. The predicted octanol–water partition coefficient (Wildman–Crippen LogP) is 3.57. The van der Waals surface area contributed by atoms with Crippen molar-refractivity contribution < 1.29 is 18.7 Å². The number of furan rings is 1. The smallest absolute Gasteiger partial charge is 0.287 e. The van der Waals surface area contributed by atoms with Crippen molar-refractivity contribution in [3.63, 3.8) is 0 Å². The Bertz CT molecular complexity index is 666. The fraction of sp³-hybridized carbons (Fsp3) is 0.353. The second-order valence-corrected chi connectivity index (χ2v) is 5.67. The van der Waals surface area contributed by atoms with Crippen LogP contribution >= 0.6 is 11.6 Å². The quantitative estimate of drug-likeness (QED) is 0.785. The monoisotopic (exact) mass is 337 g/mol. The average Bonchev–Trinajstić information content (AvgIpc) is 3.05. The number of nitrogens with one attached hydrogen (secondary N) is 1. The van der Waals surface area contributed by atoms with E-state index >= 15 is 0 Å². The summed E-state index contributed by atoms with van der Waals surface area (Å²) in [4.78, 5) is 12.0. The summed E-state index contributed by atoms with van der Waals surface area (Å²) < 4.78 is 15.9. The molecule has 1 heterocycles. The van der Waals surface area contributed by atoms with Gasteiger partial charge in [0.2, 0.25) is 0 Å². The van der Waals surface area contributed by atoms with Crippen LogP contribution in [0, 0.1) is 0 Å². The minimum absolute atomic E-state index is 0.256. The minimum Gasteiger partial charge on any atom is -0.493 e. The van der Waals surface area contributed by atoms with Crippen LogP contribution in [-0.4, -0.2) is 26.7 Å². The Kier molecular flexibility index (Phi) is 5.93. The first kappa shape index (κ1) is 17.2. The molecule has 1 atom stereocenters. The van der Waals surface area contributed by atoms with Gasteiger partial charge in [-0.05, 0) is 43.2 Å². The number of amides is 1. The van der Waals surface area contributed by atoms with Crippen molar-refractivity contribution in [2.45, 2.75) is 18.7 Å². The molecule has 1 amide bonds. The van der Waals surface area contributed by atoms with E-state index in [0.717, 1.165) is 5.56 Å². The molecule has 1 aromatic carbocycles. The highest BCUT2D eigenvalue weighted by Gasteiger charge is 2.13. The molecule has 2 aromatic rings. The lowest BCUT2D eigenvalue weighted by Gasteiger charge is -2.09. The molecule has 0 fully saturated rings. The summed E-state index contributed by atoms with van der Waals surface area (Å²) in [6.07, 6.45) is 0.672. The lowest BCUT2D eigenvalue weighted by atomic mass is 10.1. The highest BCUT2D eigenvalue weighted by Crippen LogP contribution is 2.27. The van der Waals surface area contributed by atoms with Gasteiger partial charge in [-0.15, -0.1) is 11.6 Å². The number of alkyl halides is 1. The van der Waals surface area contributed by atoms with Gasteiger partial charge in [-0.25, -0.2) is 0 Å². The van der Waals surface area contributed by atoms with E-state index in [2.05, 4.69) is 5.32 Å². The number of rotatable bonds is 7. The van der Waals surface area contributed by atoms with Gasteiger partial charge in [0.25, 0.3) is 5.91 Å². The van der Waals surface area contributed by atoms with Gasteiger partial charge in [0, 0.05) is 6.54 Å². The molecular formula is C17H20ClNO4. The molecule has 0 radical (unpaired) electrons. The maximum absolute atomic E-state index is 12.0. The van der Waals surface area contributed by atoms with E-state index in [1.165, 1.54) is 0 Å². The molecule has 124 valence electrons. The van der Waals surface area contributed by atoms with Crippen LogP contribution in [0.25, 0.3) is 0 Å². The first-order chi connectivity index (χ1) is 11.0. The molecule has 0 aliphatic rings. The SMILES string of the molecule is COc1ccc(CCNC(=O)c2ccc(C(C)Cl)o2)cc1OC. The fourth-order valence-electron chi connectivity index (χ4n) is 2.13. The van der Waals surface area contributed by atoms with Gasteiger partial charge in [-0.2, -0.15) is 0 Å². The van der Waals surface area contributed by atoms with Gasteiger partial charge < -0.3 is 19.2 Å². The lowest BCUT2D eigenvalue weighted by Crippen LogP contribution is -2.25. The topological polar surface area (TPSA) is 60.7 Å². The van der Waals surface area contributed by atoms with Crippen molar-refractivity contribution >= 4 is 17.5 Å². The van der Waals surface area contributed by atoms with Crippen molar-refractivity contribution in [1.29, 1.82) is 0 Å². The molecule has 0 saturated carbocycles. The number of benzene rings is 1. The fourth-order valence-corrected chi connectivity index (χ4v) is 2.25. The molecule has 0 aliphatic carbocycles. The zero-order valence-corrected chi connectivity index (χ0v) is 14.1. The maximum atomic E-state index is 12.0. The van der Waals surface area contributed by atoms with Gasteiger partial charge in [-0.1, -0.05) is 6.07 Å². The predicted molar refractivity (Wildman–Crippen MR) is 88.6 cm³/mol. The highest BCUT2D eigenvalue weighted by atomic mass is 35.5. The zero-order chi connectivity index (χ0) is 16.8. The maximum Gasteiger partial charge on any atom is 0.287 e. The van der Waals surface area contributed by atoms with Crippen molar-refractivity contribution in [1.82, 2.24) is 5.32 Å². The van der Waals surface area contributed by atoms with Crippen LogP contribution in [0.5, 0.6) is 11.5 Å². The Balaban J connectivity index is 1.90. The second-order valence-electron chi connectivity index (χ2n) is 5.01. The summed E-state index contributed by atoms with van der Waals surface area (Å²) in [6, 6.07) is 9.01. The molecule has 5 nitrogen and oxygen atoms in total. The van der Waals surface area contributed by atoms with Crippen LogP contribution in [-0.2, 0) is 6.42 Å². The summed E-state index contributed by atoms with van der Waals surface area (Å²) in [5, 5.41) is 2.56. The van der Waals surface area contributed by atoms with Crippen molar-refractivity contribution in [3.8, 4) is 11.5 Å². The Labute approximate surface area is 140 Å². The third kappa shape index (κ3) is 4.42. The van der Waals surface area contributed by atoms with Crippen LogP contribution < -0.4 is 14.8 Å². The average molecular weight is 338 g/mol. The van der Waals surface area contributed by atoms with Crippen LogP contribution in [0.1, 0.15) is 34.2 Å². The molecular weight excluding hydrogens is 318 g/mol. The number of halogens is 1. The molecule has 23 heavy (non-hydrogen) atoms. The van der Waals surface area contributed by atoms with Crippen molar-refractivity contribution in [3.05, 3.63) is 47.4 Å². The molecule has 1 unspecified atom stereocenters. The molecule has 0 bridgehead atoms. The number of methoxy groups -OCH3 is 2. The molecule has 0 aliphatic heterocycles. The summed E-state index contributed by atoms with van der Waals surface area (Å²) in [5.41, 5.74) is 1.04. The van der Waals surface area contributed by atoms with Crippen molar-refractivity contribution in [2.24, 2.45) is 0 Å². The van der Waals surface area contributed by atoms with E-state index in [1.807, 2.05) is 18.2 Å². The van der Waals surface area contributed by atoms with Crippen LogP contribution in [0.15, 0.2) is 34.7 Å². The van der Waals surface area contributed by atoms with Crippen molar-refractivity contribution in [2.75, 3.05) is 20.8 Å². The van der Waals surface area contributed by atoms with E-state index < -0.39 is 0 Å². The first-order valence-electron chi connectivity index (χ1n) is 7.28. The van der Waals surface area contributed by atoms with Gasteiger partial charge >= 0.3 is 0 Å². The Morgan fingerprint density at radius 2 is 1.96 bits per heavy atom. The number of carbonyl (C=O) groups is 1. The number of carbonyl (C=O) groups excluding carboxylic acids is 1. The zero-order valence-electron chi connectivity index (χ0n) is 13.4. The summed E-state index contributed by atoms with van der Waals surface area (Å²) in [5.74, 6) is 1.94. The molecule has 0 spiro atoms. The Morgan fingerprint density at radius 3 is 2.57 bits per heavy atom. The summed E-state index contributed by atoms with van der Waals surface area (Å²) in [6.45, 7) is 2.28. The molecule has 1 N–H and O–H groups in total. The lowest BCUT2D eigenvalue weighted by molar-refractivity contribution is 0.0924.